The van der Waals surface area contributed by atoms with Gasteiger partial charge in [0.1, 0.15) is 11.4 Å². The van der Waals surface area contributed by atoms with Crippen LogP contribution in [0.25, 0.3) is 6.08 Å². The first-order valence-electron chi connectivity index (χ1n) is 6.68. The zero-order chi connectivity index (χ0) is 14.2. The molecule has 1 unspecified atom stereocenters. The molecule has 2 aliphatic rings. The van der Waals surface area contributed by atoms with Crippen LogP contribution in [0.2, 0.25) is 5.02 Å². The monoisotopic (exact) mass is 293 g/mol. The second-order valence-electron chi connectivity index (χ2n) is 5.35. The maximum absolute atomic E-state index is 10.6. The Bertz CT molecular complexity index is 572. The van der Waals surface area contributed by atoms with E-state index in [1.165, 1.54) is 0 Å². The quantitative estimate of drug-likeness (QED) is 0.931. The minimum atomic E-state index is -0.758. The molecule has 106 valence electrons. The summed E-state index contributed by atoms with van der Waals surface area (Å²) in [4.78, 5) is 12.8. The van der Waals surface area contributed by atoms with E-state index in [9.17, 15) is 4.79 Å². The largest absolute Gasteiger partial charge is 0.481 e. The molecule has 0 amide bonds. The molecule has 4 nitrogen and oxygen atoms in total. The molecule has 0 radical (unpaired) electrons. The van der Waals surface area contributed by atoms with Crippen LogP contribution in [0.1, 0.15) is 18.4 Å². The summed E-state index contributed by atoms with van der Waals surface area (Å²) in [6.07, 6.45) is 5.18. The number of nitrogens with zero attached hydrogens (tertiary/aromatic N) is 1. The van der Waals surface area contributed by atoms with E-state index in [0.717, 1.165) is 30.8 Å². The van der Waals surface area contributed by atoms with Gasteiger partial charge in [-0.2, -0.15) is 0 Å². The lowest BCUT2D eigenvalue weighted by molar-refractivity contribution is -0.137. The summed E-state index contributed by atoms with van der Waals surface area (Å²) >= 11 is 5.97. The van der Waals surface area contributed by atoms with Crippen molar-refractivity contribution in [1.82, 2.24) is 4.90 Å². The van der Waals surface area contributed by atoms with E-state index < -0.39 is 5.97 Å². The highest BCUT2D eigenvalue weighted by Crippen LogP contribution is 2.37. The summed E-state index contributed by atoms with van der Waals surface area (Å²) < 4.78 is 6.14. The summed E-state index contributed by atoms with van der Waals surface area (Å²) in [6, 6.07) is 5.60. The summed E-state index contributed by atoms with van der Waals surface area (Å²) in [6.45, 7) is 2.17. The zero-order valence-corrected chi connectivity index (χ0v) is 11.8. The number of carbonyl (C=O) groups is 1. The Morgan fingerprint density at radius 3 is 3.15 bits per heavy atom. The highest BCUT2D eigenvalue weighted by Gasteiger charge is 2.39. The lowest BCUT2D eigenvalue weighted by Crippen LogP contribution is -2.39. The average molecular weight is 294 g/mol. The molecule has 1 aromatic carbocycles. The standard InChI is InChI=1S/C15H16ClNO3/c16-12-1-2-13-11(9-12)3-5-15(20-13)6-8-17(10-15)7-4-14(18)19/h1-3,5,9H,4,6-8,10H2,(H,18,19). The second-order valence-corrected chi connectivity index (χ2v) is 5.79. The minimum absolute atomic E-state index is 0.173. The van der Waals surface area contributed by atoms with Crippen LogP contribution in [-0.4, -0.2) is 41.2 Å². The first kappa shape index (κ1) is 13.5. The summed E-state index contributed by atoms with van der Waals surface area (Å²) in [5.41, 5.74) is 0.673. The first-order chi connectivity index (χ1) is 9.56. The zero-order valence-electron chi connectivity index (χ0n) is 11.0. The number of carboxylic acid groups (broad SMARTS) is 1. The van der Waals surface area contributed by atoms with Crippen molar-refractivity contribution in [2.45, 2.75) is 18.4 Å². The van der Waals surface area contributed by atoms with Gasteiger partial charge < -0.3 is 9.84 Å². The summed E-state index contributed by atoms with van der Waals surface area (Å²) in [7, 11) is 0. The van der Waals surface area contributed by atoms with Gasteiger partial charge in [0, 0.05) is 36.6 Å². The molecule has 0 bridgehead atoms. The number of fused-ring (bicyclic) bond motifs is 1. The van der Waals surface area contributed by atoms with Crippen molar-refractivity contribution in [1.29, 1.82) is 0 Å². The van der Waals surface area contributed by atoms with Crippen LogP contribution in [0, 0.1) is 0 Å². The molecular weight excluding hydrogens is 278 g/mol. The molecule has 1 spiro atoms. The fourth-order valence-corrected chi connectivity index (χ4v) is 2.97. The Labute approximate surface area is 122 Å². The van der Waals surface area contributed by atoms with Crippen molar-refractivity contribution < 1.29 is 14.6 Å². The minimum Gasteiger partial charge on any atom is -0.481 e. The number of rotatable bonds is 3. The normalized spacial score (nSPS) is 24.6. The van der Waals surface area contributed by atoms with Gasteiger partial charge in [-0.25, -0.2) is 0 Å². The first-order valence-corrected chi connectivity index (χ1v) is 7.06. The maximum atomic E-state index is 10.6. The number of benzene rings is 1. The molecule has 0 aliphatic carbocycles. The van der Waals surface area contributed by atoms with E-state index in [1.54, 1.807) is 0 Å². The number of hydrogen-bond acceptors (Lipinski definition) is 3. The Balaban J connectivity index is 1.71. The number of carboxylic acids is 1. The average Bonchev–Trinajstić information content (AvgIpc) is 2.80. The van der Waals surface area contributed by atoms with Gasteiger partial charge in [0.15, 0.2) is 0 Å². The molecule has 1 N–H and O–H groups in total. The molecule has 1 atom stereocenters. The third-order valence-corrected chi connectivity index (χ3v) is 4.07. The van der Waals surface area contributed by atoms with Gasteiger partial charge in [-0.3, -0.25) is 9.69 Å². The fraction of sp³-hybridized carbons (Fsp3) is 0.400. The van der Waals surface area contributed by atoms with Gasteiger partial charge in [-0.05, 0) is 24.3 Å². The van der Waals surface area contributed by atoms with Gasteiger partial charge in [0.05, 0.1) is 6.42 Å². The smallest absolute Gasteiger partial charge is 0.304 e. The third-order valence-electron chi connectivity index (χ3n) is 3.84. The van der Waals surface area contributed by atoms with Gasteiger partial charge in [-0.15, -0.1) is 0 Å². The fourth-order valence-electron chi connectivity index (χ4n) is 2.79. The molecule has 1 fully saturated rings. The van der Waals surface area contributed by atoms with Crippen molar-refractivity contribution in [2.24, 2.45) is 0 Å². The predicted octanol–water partition coefficient (Wildman–Crippen LogP) is 2.66. The topological polar surface area (TPSA) is 49.8 Å². The number of ether oxygens (including phenoxy) is 1. The Kier molecular flexibility index (Phi) is 3.44. The SMILES string of the molecule is O=C(O)CCN1CCC2(C=Cc3cc(Cl)ccc3O2)C1. The van der Waals surface area contributed by atoms with Crippen LogP contribution >= 0.6 is 11.6 Å². The molecule has 20 heavy (non-hydrogen) atoms. The maximum Gasteiger partial charge on any atom is 0.304 e. The van der Waals surface area contributed by atoms with Crippen molar-refractivity contribution in [3.63, 3.8) is 0 Å². The highest BCUT2D eigenvalue weighted by molar-refractivity contribution is 6.30. The van der Waals surface area contributed by atoms with Gasteiger partial charge in [0.25, 0.3) is 0 Å². The molecule has 2 aliphatic heterocycles. The summed E-state index contributed by atoms with van der Waals surface area (Å²) in [5, 5.41) is 9.44. The lowest BCUT2D eigenvalue weighted by Gasteiger charge is -2.31. The second kappa shape index (κ2) is 5.11. The molecule has 5 heteroatoms. The lowest BCUT2D eigenvalue weighted by atomic mass is 9.97. The van der Waals surface area contributed by atoms with Crippen LogP contribution < -0.4 is 4.74 Å². The number of halogens is 1. The summed E-state index contributed by atoms with van der Waals surface area (Å²) in [5.74, 6) is 0.0861. The molecular formula is C15H16ClNO3. The van der Waals surface area contributed by atoms with Crippen molar-refractivity contribution in [3.05, 3.63) is 34.9 Å². The van der Waals surface area contributed by atoms with E-state index in [1.807, 2.05) is 24.3 Å². The van der Waals surface area contributed by atoms with E-state index in [2.05, 4.69) is 11.0 Å². The molecule has 0 aromatic heterocycles. The molecule has 2 heterocycles. The van der Waals surface area contributed by atoms with Crippen LogP contribution in [0.15, 0.2) is 24.3 Å². The van der Waals surface area contributed by atoms with E-state index in [4.69, 9.17) is 21.4 Å². The highest BCUT2D eigenvalue weighted by atomic mass is 35.5. The van der Waals surface area contributed by atoms with Crippen molar-refractivity contribution >= 4 is 23.6 Å². The predicted molar refractivity (Wildman–Crippen MR) is 77.2 cm³/mol. The molecule has 1 saturated heterocycles. The number of aliphatic carboxylic acids is 1. The van der Waals surface area contributed by atoms with E-state index in [0.29, 0.717) is 11.6 Å². The number of likely N-dealkylation sites (tertiary alicyclic amines) is 1. The van der Waals surface area contributed by atoms with Crippen LogP contribution in [0.3, 0.4) is 0 Å². The third kappa shape index (κ3) is 2.67. The Morgan fingerprint density at radius 2 is 2.35 bits per heavy atom. The molecule has 3 rings (SSSR count). The van der Waals surface area contributed by atoms with Crippen LogP contribution in [0.5, 0.6) is 5.75 Å². The van der Waals surface area contributed by atoms with Gasteiger partial charge in [0.2, 0.25) is 0 Å². The Morgan fingerprint density at radius 1 is 1.50 bits per heavy atom. The van der Waals surface area contributed by atoms with Gasteiger partial charge in [-0.1, -0.05) is 17.7 Å². The van der Waals surface area contributed by atoms with Crippen LogP contribution in [0.4, 0.5) is 0 Å². The van der Waals surface area contributed by atoms with Gasteiger partial charge >= 0.3 is 5.97 Å². The van der Waals surface area contributed by atoms with E-state index in [-0.39, 0.29) is 12.0 Å². The number of hydrogen-bond donors (Lipinski definition) is 1. The van der Waals surface area contributed by atoms with Crippen molar-refractivity contribution in [2.75, 3.05) is 19.6 Å². The van der Waals surface area contributed by atoms with Crippen LogP contribution in [-0.2, 0) is 4.79 Å². The van der Waals surface area contributed by atoms with Crippen molar-refractivity contribution in [3.8, 4) is 5.75 Å². The van der Waals surface area contributed by atoms with E-state index >= 15 is 0 Å². The molecule has 0 saturated carbocycles. The molecule has 1 aromatic rings. The Hall–Kier alpha value is -1.52.